The van der Waals surface area contributed by atoms with Crippen LogP contribution < -0.4 is 10.6 Å². The van der Waals surface area contributed by atoms with Crippen LogP contribution in [0.2, 0.25) is 0 Å². The molecule has 2 aliphatic rings. The summed E-state index contributed by atoms with van der Waals surface area (Å²) in [6, 6.07) is 16.3. The molecule has 2 unspecified atom stereocenters. The van der Waals surface area contributed by atoms with E-state index in [1.165, 1.54) is 11.1 Å². The minimum atomic E-state index is -0.893. The summed E-state index contributed by atoms with van der Waals surface area (Å²) in [6.45, 7) is 4.36. The first-order valence-corrected chi connectivity index (χ1v) is 12.0. The van der Waals surface area contributed by atoms with Crippen LogP contribution in [0.3, 0.4) is 0 Å². The number of nitrogens with one attached hydrogen (secondary N) is 2. The number of hydrogen-bond acceptors (Lipinski definition) is 5. The lowest BCUT2D eigenvalue weighted by molar-refractivity contribution is -0.138. The first-order chi connectivity index (χ1) is 16.7. The zero-order chi connectivity index (χ0) is 25.0. The highest BCUT2D eigenvalue weighted by molar-refractivity contribution is 5.80. The van der Waals surface area contributed by atoms with Crippen molar-refractivity contribution < 1.29 is 29.0 Å². The van der Waals surface area contributed by atoms with E-state index in [2.05, 4.69) is 34.9 Å². The number of carboxylic acids is 1. The minimum Gasteiger partial charge on any atom is -0.481 e. The summed E-state index contributed by atoms with van der Waals surface area (Å²) in [5.41, 5.74) is 4.04. The third-order valence-electron chi connectivity index (χ3n) is 6.69. The summed E-state index contributed by atoms with van der Waals surface area (Å²) in [5.74, 6) is -1.40. The molecule has 2 aromatic rings. The van der Waals surface area contributed by atoms with Gasteiger partial charge in [-0.05, 0) is 48.9 Å². The summed E-state index contributed by atoms with van der Waals surface area (Å²) >= 11 is 0. The molecule has 3 N–H and O–H groups in total. The summed E-state index contributed by atoms with van der Waals surface area (Å²) in [7, 11) is 0. The van der Waals surface area contributed by atoms with E-state index >= 15 is 0 Å². The second-order valence-electron chi connectivity index (χ2n) is 9.86. The Balaban J connectivity index is 1.22. The molecule has 1 aliphatic carbocycles. The molecule has 2 atom stereocenters. The molecule has 1 saturated heterocycles. The number of benzene rings is 2. The van der Waals surface area contributed by atoms with Crippen LogP contribution >= 0.6 is 0 Å². The van der Waals surface area contributed by atoms with Gasteiger partial charge in [-0.3, -0.25) is 9.59 Å². The van der Waals surface area contributed by atoms with Crippen molar-refractivity contribution in [1.29, 1.82) is 0 Å². The number of carbonyl (C=O) groups excluding carboxylic acids is 2. The summed E-state index contributed by atoms with van der Waals surface area (Å²) in [4.78, 5) is 35.8. The van der Waals surface area contributed by atoms with Crippen molar-refractivity contribution in [3.8, 4) is 11.1 Å². The fraction of sp³-hybridized carbons (Fsp3) is 0.444. The molecule has 0 saturated carbocycles. The quantitative estimate of drug-likeness (QED) is 0.504. The number of fused-ring (bicyclic) bond motifs is 3. The summed E-state index contributed by atoms with van der Waals surface area (Å²) in [5, 5.41) is 14.5. The zero-order valence-corrected chi connectivity index (χ0v) is 20.1. The Hall–Kier alpha value is -3.39. The van der Waals surface area contributed by atoms with Gasteiger partial charge in [0.15, 0.2) is 0 Å². The lowest BCUT2D eigenvalue weighted by atomic mass is 9.96. The third kappa shape index (κ3) is 6.00. The summed E-state index contributed by atoms with van der Waals surface area (Å²) < 4.78 is 11.2. The molecule has 0 spiro atoms. The van der Waals surface area contributed by atoms with Crippen molar-refractivity contribution >= 4 is 18.0 Å². The minimum absolute atomic E-state index is 0.00608. The van der Waals surface area contributed by atoms with E-state index in [9.17, 15) is 14.4 Å². The summed E-state index contributed by atoms with van der Waals surface area (Å²) in [6.07, 6.45) is 0.00610. The number of rotatable bonds is 9. The molecule has 186 valence electrons. The smallest absolute Gasteiger partial charge is 0.407 e. The highest BCUT2D eigenvalue weighted by atomic mass is 16.5. The highest BCUT2D eigenvalue weighted by Crippen LogP contribution is 2.44. The number of hydrogen-bond donors (Lipinski definition) is 3. The molecule has 1 aliphatic heterocycles. The molecular weight excluding hydrogens is 448 g/mol. The van der Waals surface area contributed by atoms with E-state index in [4.69, 9.17) is 14.6 Å². The van der Waals surface area contributed by atoms with Crippen LogP contribution in [-0.2, 0) is 19.1 Å². The van der Waals surface area contributed by atoms with E-state index < -0.39 is 17.6 Å². The highest BCUT2D eigenvalue weighted by Gasteiger charge is 2.34. The molecule has 1 heterocycles. The number of aliphatic carboxylic acids is 1. The van der Waals surface area contributed by atoms with Crippen molar-refractivity contribution in [1.82, 2.24) is 10.6 Å². The fourth-order valence-corrected chi connectivity index (χ4v) is 4.79. The SMILES string of the molecule is CC(C)(CCC(=O)O)NC(=O)C1COC(CNC(=O)OCC2c3ccccc3-c3ccccc32)C1. The van der Waals surface area contributed by atoms with Gasteiger partial charge in [-0.15, -0.1) is 0 Å². The molecule has 8 heteroatoms. The Morgan fingerprint density at radius 2 is 1.69 bits per heavy atom. The maximum Gasteiger partial charge on any atom is 0.407 e. The van der Waals surface area contributed by atoms with Crippen molar-refractivity contribution in [2.45, 2.75) is 50.7 Å². The average molecular weight is 481 g/mol. The maximum atomic E-state index is 12.6. The molecule has 0 aromatic heterocycles. The standard InChI is InChI=1S/C27H32N2O6/c1-27(2,12-11-24(30)31)29-25(32)17-13-18(34-15-17)14-28-26(33)35-16-23-21-9-5-3-7-19(21)20-8-4-6-10-22(20)23/h3-10,17-18,23H,11-16H2,1-2H3,(H,28,33)(H,29,32)(H,30,31). The Labute approximate surface area is 205 Å². The van der Waals surface area contributed by atoms with Crippen LogP contribution in [0, 0.1) is 5.92 Å². The molecule has 2 amide bonds. The van der Waals surface area contributed by atoms with Crippen LogP contribution in [0.25, 0.3) is 11.1 Å². The predicted octanol–water partition coefficient (Wildman–Crippen LogP) is 3.69. The molecule has 0 radical (unpaired) electrons. The molecular formula is C27H32N2O6. The van der Waals surface area contributed by atoms with Crippen LogP contribution in [0.1, 0.15) is 50.2 Å². The average Bonchev–Trinajstić information content (AvgIpc) is 3.43. The fourth-order valence-electron chi connectivity index (χ4n) is 4.79. The maximum absolute atomic E-state index is 12.6. The van der Waals surface area contributed by atoms with E-state index in [0.29, 0.717) is 12.8 Å². The lowest BCUT2D eigenvalue weighted by Gasteiger charge is -2.27. The number of amides is 2. The van der Waals surface area contributed by atoms with Gasteiger partial charge in [-0.2, -0.15) is 0 Å². The van der Waals surface area contributed by atoms with E-state index in [0.717, 1.165) is 11.1 Å². The van der Waals surface area contributed by atoms with Gasteiger partial charge in [0, 0.05) is 24.4 Å². The van der Waals surface area contributed by atoms with Crippen LogP contribution in [0.5, 0.6) is 0 Å². The zero-order valence-electron chi connectivity index (χ0n) is 20.1. The van der Waals surface area contributed by atoms with Crippen molar-refractivity contribution in [3.63, 3.8) is 0 Å². The van der Waals surface area contributed by atoms with Gasteiger partial charge in [0.1, 0.15) is 6.61 Å². The van der Waals surface area contributed by atoms with Crippen LogP contribution in [-0.4, -0.2) is 54.5 Å². The van der Waals surface area contributed by atoms with Gasteiger partial charge < -0.3 is 25.2 Å². The molecule has 0 bridgehead atoms. The Morgan fingerprint density at radius 3 is 2.31 bits per heavy atom. The molecule has 35 heavy (non-hydrogen) atoms. The van der Waals surface area contributed by atoms with E-state index in [-0.39, 0.29) is 50.0 Å². The van der Waals surface area contributed by atoms with Gasteiger partial charge in [0.2, 0.25) is 5.91 Å². The number of carboxylic acid groups (broad SMARTS) is 1. The normalized spacial score (nSPS) is 19.0. The number of alkyl carbamates (subject to hydrolysis) is 1. The second kappa shape index (κ2) is 10.5. The first kappa shape index (κ1) is 24.7. The van der Waals surface area contributed by atoms with Crippen molar-refractivity contribution in [2.24, 2.45) is 5.92 Å². The Kier molecular flexibility index (Phi) is 7.40. The Morgan fingerprint density at radius 1 is 1.06 bits per heavy atom. The second-order valence-corrected chi connectivity index (χ2v) is 9.86. The monoisotopic (exact) mass is 480 g/mol. The van der Waals surface area contributed by atoms with Crippen LogP contribution in [0.15, 0.2) is 48.5 Å². The molecule has 4 rings (SSSR count). The van der Waals surface area contributed by atoms with Gasteiger partial charge in [-0.1, -0.05) is 48.5 Å². The van der Waals surface area contributed by atoms with E-state index in [1.54, 1.807) is 13.8 Å². The lowest BCUT2D eigenvalue weighted by Crippen LogP contribution is -2.46. The van der Waals surface area contributed by atoms with Crippen molar-refractivity contribution in [2.75, 3.05) is 19.8 Å². The topological polar surface area (TPSA) is 114 Å². The number of ether oxygens (including phenoxy) is 2. The molecule has 8 nitrogen and oxygen atoms in total. The molecule has 2 aromatic carbocycles. The molecule has 1 fully saturated rings. The van der Waals surface area contributed by atoms with Crippen LogP contribution in [0.4, 0.5) is 4.79 Å². The largest absolute Gasteiger partial charge is 0.481 e. The third-order valence-corrected chi connectivity index (χ3v) is 6.69. The van der Waals surface area contributed by atoms with Gasteiger partial charge in [0.05, 0.1) is 18.6 Å². The van der Waals surface area contributed by atoms with Gasteiger partial charge in [-0.25, -0.2) is 4.79 Å². The van der Waals surface area contributed by atoms with Gasteiger partial charge >= 0.3 is 12.1 Å². The van der Waals surface area contributed by atoms with Gasteiger partial charge in [0.25, 0.3) is 0 Å². The number of carbonyl (C=O) groups is 3. The van der Waals surface area contributed by atoms with E-state index in [1.807, 2.05) is 24.3 Å². The Bertz CT molecular complexity index is 1050. The first-order valence-electron chi connectivity index (χ1n) is 12.0. The predicted molar refractivity (Wildman–Crippen MR) is 130 cm³/mol. The van der Waals surface area contributed by atoms with Crippen molar-refractivity contribution in [3.05, 3.63) is 59.7 Å².